The maximum atomic E-state index is 5.75. The number of methoxy groups -OCH3 is 1. The molecule has 0 unspecified atom stereocenters. The lowest BCUT2D eigenvalue weighted by atomic mass is 10.2. The first-order valence-corrected chi connectivity index (χ1v) is 6.32. The molecule has 100 valence electrons. The Kier molecular flexibility index (Phi) is 4.81. The molecule has 0 spiro atoms. The minimum absolute atomic E-state index is 0.721. The van der Waals surface area contributed by atoms with E-state index in [1.807, 2.05) is 61.6 Å². The summed E-state index contributed by atoms with van der Waals surface area (Å²) in [4.78, 5) is 2.15. The van der Waals surface area contributed by atoms with Gasteiger partial charge in [0.2, 0.25) is 0 Å². The van der Waals surface area contributed by atoms with E-state index in [9.17, 15) is 0 Å². The van der Waals surface area contributed by atoms with Gasteiger partial charge in [-0.1, -0.05) is 18.2 Å². The molecule has 0 atom stereocenters. The second-order valence-corrected chi connectivity index (χ2v) is 4.32. The van der Waals surface area contributed by atoms with E-state index in [-0.39, 0.29) is 0 Å². The second-order valence-electron chi connectivity index (χ2n) is 4.32. The van der Waals surface area contributed by atoms with Crippen LogP contribution in [0.15, 0.2) is 54.6 Å². The van der Waals surface area contributed by atoms with Crippen LogP contribution in [0.3, 0.4) is 0 Å². The van der Waals surface area contributed by atoms with Crippen LogP contribution >= 0.6 is 0 Å². The fraction of sp³-hybridized carbons (Fsp3) is 0.250. The van der Waals surface area contributed by atoms with Crippen molar-refractivity contribution in [2.75, 3.05) is 32.2 Å². The number of likely N-dealkylation sites (N-methyl/N-ethyl adjacent to an activating group) is 1. The molecule has 0 heterocycles. The molecule has 3 nitrogen and oxygen atoms in total. The Hall–Kier alpha value is -2.00. The summed E-state index contributed by atoms with van der Waals surface area (Å²) in [7, 11) is 3.76. The van der Waals surface area contributed by atoms with Gasteiger partial charge in [0.05, 0.1) is 6.61 Å². The summed E-state index contributed by atoms with van der Waals surface area (Å²) in [6.45, 7) is 1.59. The molecule has 0 fully saturated rings. The van der Waals surface area contributed by atoms with Gasteiger partial charge in [-0.2, -0.15) is 0 Å². The Morgan fingerprint density at radius 1 is 0.895 bits per heavy atom. The van der Waals surface area contributed by atoms with Crippen molar-refractivity contribution >= 4 is 5.69 Å². The van der Waals surface area contributed by atoms with Gasteiger partial charge in [0.1, 0.15) is 11.5 Å². The molecule has 0 radical (unpaired) electrons. The Morgan fingerprint density at radius 2 is 1.53 bits per heavy atom. The number of hydrogen-bond donors (Lipinski definition) is 0. The third kappa shape index (κ3) is 4.00. The topological polar surface area (TPSA) is 21.7 Å². The molecule has 0 aliphatic heterocycles. The largest absolute Gasteiger partial charge is 0.457 e. The van der Waals surface area contributed by atoms with Crippen LogP contribution in [-0.2, 0) is 4.74 Å². The van der Waals surface area contributed by atoms with Crippen molar-refractivity contribution < 1.29 is 9.47 Å². The zero-order valence-corrected chi connectivity index (χ0v) is 11.4. The molecular weight excluding hydrogens is 238 g/mol. The van der Waals surface area contributed by atoms with E-state index in [2.05, 4.69) is 4.90 Å². The number of rotatable bonds is 6. The zero-order chi connectivity index (χ0) is 13.5. The van der Waals surface area contributed by atoms with E-state index >= 15 is 0 Å². The SMILES string of the molecule is COCCN(C)c1ccc(Oc2ccccc2)cc1. The minimum atomic E-state index is 0.721. The predicted molar refractivity (Wildman–Crippen MR) is 78.1 cm³/mol. The van der Waals surface area contributed by atoms with Crippen LogP contribution < -0.4 is 9.64 Å². The number of hydrogen-bond acceptors (Lipinski definition) is 3. The van der Waals surface area contributed by atoms with Crippen LogP contribution in [0.25, 0.3) is 0 Å². The summed E-state index contributed by atoms with van der Waals surface area (Å²) in [5, 5.41) is 0. The summed E-state index contributed by atoms with van der Waals surface area (Å²) in [5.41, 5.74) is 1.15. The molecule has 0 N–H and O–H groups in total. The summed E-state index contributed by atoms with van der Waals surface area (Å²) < 4.78 is 10.8. The summed E-state index contributed by atoms with van der Waals surface area (Å²) >= 11 is 0. The van der Waals surface area contributed by atoms with Crippen LogP contribution in [0.2, 0.25) is 0 Å². The minimum Gasteiger partial charge on any atom is -0.457 e. The first-order chi connectivity index (χ1) is 9.29. The van der Waals surface area contributed by atoms with Crippen LogP contribution in [0.5, 0.6) is 11.5 Å². The standard InChI is InChI=1S/C16H19NO2/c1-17(12-13-18-2)14-8-10-16(11-9-14)19-15-6-4-3-5-7-15/h3-11H,12-13H2,1-2H3. The number of para-hydroxylation sites is 1. The van der Waals surface area contributed by atoms with Gasteiger partial charge in [0, 0.05) is 26.4 Å². The third-order valence-corrected chi connectivity index (χ3v) is 2.89. The first-order valence-electron chi connectivity index (χ1n) is 6.32. The van der Waals surface area contributed by atoms with E-state index < -0.39 is 0 Å². The van der Waals surface area contributed by atoms with Gasteiger partial charge in [0.15, 0.2) is 0 Å². The molecule has 0 aliphatic rings. The Labute approximate surface area is 114 Å². The molecule has 2 aromatic rings. The number of anilines is 1. The van der Waals surface area contributed by atoms with E-state index in [1.165, 1.54) is 0 Å². The van der Waals surface area contributed by atoms with Crippen molar-refractivity contribution in [2.45, 2.75) is 0 Å². The molecular formula is C16H19NO2. The second kappa shape index (κ2) is 6.81. The van der Waals surface area contributed by atoms with Gasteiger partial charge in [-0.15, -0.1) is 0 Å². The summed E-state index contributed by atoms with van der Waals surface area (Å²) in [6.07, 6.45) is 0. The van der Waals surface area contributed by atoms with Gasteiger partial charge in [0.25, 0.3) is 0 Å². The zero-order valence-electron chi connectivity index (χ0n) is 11.4. The van der Waals surface area contributed by atoms with Gasteiger partial charge in [-0.3, -0.25) is 0 Å². The number of benzene rings is 2. The molecule has 0 amide bonds. The fourth-order valence-electron chi connectivity index (χ4n) is 1.75. The highest BCUT2D eigenvalue weighted by Crippen LogP contribution is 2.23. The van der Waals surface area contributed by atoms with Crippen LogP contribution in [-0.4, -0.2) is 27.3 Å². The lowest BCUT2D eigenvalue weighted by molar-refractivity contribution is 0.206. The van der Waals surface area contributed by atoms with Crippen LogP contribution in [0.1, 0.15) is 0 Å². The van der Waals surface area contributed by atoms with E-state index in [0.29, 0.717) is 0 Å². The van der Waals surface area contributed by atoms with Crippen LogP contribution in [0, 0.1) is 0 Å². The molecule has 0 aliphatic carbocycles. The lowest BCUT2D eigenvalue weighted by Gasteiger charge is -2.19. The highest BCUT2D eigenvalue weighted by Gasteiger charge is 2.01. The van der Waals surface area contributed by atoms with E-state index in [0.717, 1.165) is 30.3 Å². The Bertz CT molecular complexity index is 482. The smallest absolute Gasteiger partial charge is 0.127 e. The van der Waals surface area contributed by atoms with Crippen molar-refractivity contribution in [3.05, 3.63) is 54.6 Å². The first kappa shape index (κ1) is 13.4. The maximum Gasteiger partial charge on any atom is 0.127 e. The predicted octanol–water partition coefficient (Wildman–Crippen LogP) is 3.56. The van der Waals surface area contributed by atoms with Crippen LogP contribution in [0.4, 0.5) is 5.69 Å². The van der Waals surface area contributed by atoms with Crippen molar-refractivity contribution in [1.82, 2.24) is 0 Å². The molecule has 0 aromatic heterocycles. The molecule has 0 saturated carbocycles. The Morgan fingerprint density at radius 3 is 2.16 bits per heavy atom. The molecule has 3 heteroatoms. The third-order valence-electron chi connectivity index (χ3n) is 2.89. The molecule has 19 heavy (non-hydrogen) atoms. The Balaban J connectivity index is 1.98. The maximum absolute atomic E-state index is 5.75. The summed E-state index contributed by atoms with van der Waals surface area (Å²) in [5.74, 6) is 1.69. The monoisotopic (exact) mass is 257 g/mol. The summed E-state index contributed by atoms with van der Waals surface area (Å²) in [6, 6.07) is 17.8. The lowest BCUT2D eigenvalue weighted by Crippen LogP contribution is -2.21. The number of nitrogens with zero attached hydrogens (tertiary/aromatic N) is 1. The van der Waals surface area contributed by atoms with Crippen molar-refractivity contribution in [2.24, 2.45) is 0 Å². The average molecular weight is 257 g/mol. The van der Waals surface area contributed by atoms with Gasteiger partial charge < -0.3 is 14.4 Å². The van der Waals surface area contributed by atoms with Crippen molar-refractivity contribution in [3.8, 4) is 11.5 Å². The van der Waals surface area contributed by atoms with E-state index in [1.54, 1.807) is 7.11 Å². The van der Waals surface area contributed by atoms with Gasteiger partial charge in [-0.25, -0.2) is 0 Å². The molecule has 2 aromatic carbocycles. The van der Waals surface area contributed by atoms with Gasteiger partial charge >= 0.3 is 0 Å². The quantitative estimate of drug-likeness (QED) is 0.789. The normalized spacial score (nSPS) is 10.2. The molecule has 0 saturated heterocycles. The van der Waals surface area contributed by atoms with Gasteiger partial charge in [-0.05, 0) is 36.4 Å². The average Bonchev–Trinajstić information content (AvgIpc) is 2.46. The molecule has 2 rings (SSSR count). The highest BCUT2D eigenvalue weighted by molar-refractivity contribution is 5.49. The van der Waals surface area contributed by atoms with Crippen molar-refractivity contribution in [1.29, 1.82) is 0 Å². The fourth-order valence-corrected chi connectivity index (χ4v) is 1.75. The molecule has 0 bridgehead atoms. The highest BCUT2D eigenvalue weighted by atomic mass is 16.5. The van der Waals surface area contributed by atoms with Crippen molar-refractivity contribution in [3.63, 3.8) is 0 Å². The van der Waals surface area contributed by atoms with E-state index in [4.69, 9.17) is 9.47 Å². The number of ether oxygens (including phenoxy) is 2.